The molecule has 0 heterocycles. The number of carbonyl (C=O) groups is 7. The quantitative estimate of drug-likeness (QED) is 0.0287. The molecule has 4 aromatic rings. The van der Waals surface area contributed by atoms with Gasteiger partial charge in [-0.25, -0.2) is 17.6 Å². The number of hydrogen-bond donors (Lipinski definition) is 5. The minimum absolute atomic E-state index is 0.240. The van der Waals surface area contributed by atoms with Gasteiger partial charge in [0, 0.05) is 37.7 Å². The maximum Gasteiger partial charge on any atom is 0.446 e. The van der Waals surface area contributed by atoms with E-state index in [1.54, 1.807) is 37.3 Å². The fraction of sp³-hybridized carbons (Fsp3) is 0.367. The van der Waals surface area contributed by atoms with Gasteiger partial charge in [0.2, 0.25) is 18.1 Å². The maximum absolute atomic E-state index is 13.7. The highest BCUT2D eigenvalue weighted by atomic mass is 19.4. The third-order valence-electron chi connectivity index (χ3n) is 9.01. The van der Waals surface area contributed by atoms with Crippen molar-refractivity contribution in [3.63, 3.8) is 0 Å². The number of ketones is 2. The van der Waals surface area contributed by atoms with Crippen LogP contribution in [0.25, 0.3) is 0 Å². The summed E-state index contributed by atoms with van der Waals surface area (Å²) in [5.41, 5.74) is 6.88. The lowest BCUT2D eigenvalue weighted by atomic mass is 10.0. The first kappa shape index (κ1) is 59.0. The monoisotopic (exact) mass is 994 g/mol. The number of hydrogen-bond acceptors (Lipinski definition) is 10. The highest BCUT2D eigenvalue weighted by Gasteiger charge is 2.26. The average molecular weight is 995 g/mol. The van der Waals surface area contributed by atoms with Gasteiger partial charge in [-0.05, 0) is 92.9 Å². The van der Waals surface area contributed by atoms with Gasteiger partial charge in [0.1, 0.15) is 13.2 Å². The standard InChI is InChI=1S/C23H26F2N2O4.C22H25F2N3O4.C2HF3O.C2H6/c1-3-4-5-12-20(21(29)14-31-22-18(24)10-7-11-19(22)25)27-23(30)16-8-6-9-17(13-16)26-15(2)28;1-14(28)26-16-7-4-6-15(12-16)22(30)27-19(10-2-3-11-25)20(29)13-31-21-17(23)8-5-9-18(21)24;3-2(4,5)1-6;1-2/h6-11,13,20H,3-5,12,14H2,1-2H3,(H,26,28)(H,27,30);4-9,12,19H,2-3,10-11,13,25H2,1H3,(H,26,28)(H,27,30);1H;1-2H3/t20-;19-;;/m00../s1/i;;;1D. The molecule has 14 nitrogen and oxygen atoms in total. The molecule has 70 heavy (non-hydrogen) atoms. The topological polar surface area (TPSA) is 212 Å². The van der Waals surface area contributed by atoms with Crippen LogP contribution >= 0.6 is 0 Å². The number of Topliss-reactive ketones (excluding diaryl/α,β-unsaturated/α-hetero) is 2. The van der Waals surface area contributed by atoms with Gasteiger partial charge in [0.15, 0.2) is 46.3 Å². The molecule has 0 aliphatic heterocycles. The van der Waals surface area contributed by atoms with Crippen LogP contribution in [0.4, 0.5) is 42.1 Å². The van der Waals surface area contributed by atoms with E-state index in [0.29, 0.717) is 50.5 Å². The van der Waals surface area contributed by atoms with E-state index in [1.807, 2.05) is 6.92 Å². The number of unbranched alkanes of at least 4 members (excludes halogenated alkanes) is 3. The van der Waals surface area contributed by atoms with Gasteiger partial charge in [-0.2, -0.15) is 13.2 Å². The molecule has 21 heteroatoms. The van der Waals surface area contributed by atoms with Crippen LogP contribution < -0.4 is 36.5 Å². The summed E-state index contributed by atoms with van der Waals surface area (Å²) < 4.78 is 102. The SMILES string of the molecule is CC(=O)Nc1cccc(C(=O)N[C@@H](CCCCN)C(=O)COc2c(F)cccc2F)c1.CCCCC[C@H](NC(=O)c1cccc(NC(C)=O)c1)C(=O)COc1c(F)cccc1F.O=CC(F)(F)F.[2H]CC. The van der Waals surface area contributed by atoms with E-state index < -0.39 is 95.9 Å². The van der Waals surface area contributed by atoms with Gasteiger partial charge < -0.3 is 36.5 Å². The molecule has 0 fully saturated rings. The number of halogens is 7. The molecular weight excluding hydrogens is 936 g/mol. The molecular formula is C49H58F7N5O9. The molecule has 0 saturated carbocycles. The maximum atomic E-state index is 13.7. The van der Waals surface area contributed by atoms with Crippen LogP contribution in [-0.4, -0.2) is 79.5 Å². The number of benzene rings is 4. The smallest absolute Gasteiger partial charge is 0.446 e. The molecule has 0 aliphatic rings. The summed E-state index contributed by atoms with van der Waals surface area (Å²) in [6.45, 7) is 6.22. The Hall–Kier alpha value is -7.16. The second-order valence-corrected chi connectivity index (χ2v) is 14.6. The molecule has 0 radical (unpaired) electrons. The van der Waals surface area contributed by atoms with E-state index in [2.05, 4.69) is 21.3 Å². The summed E-state index contributed by atoms with van der Waals surface area (Å²) in [6, 6.07) is 17.2. The Morgan fingerprint density at radius 2 is 0.986 bits per heavy atom. The number of rotatable bonds is 22. The predicted molar refractivity (Wildman–Crippen MR) is 248 cm³/mol. The lowest BCUT2D eigenvalue weighted by Crippen LogP contribution is -2.43. The van der Waals surface area contributed by atoms with Crippen LogP contribution in [0.2, 0.25) is 0 Å². The summed E-state index contributed by atoms with van der Waals surface area (Å²) in [6.07, 6.45) is -1.37. The Balaban J connectivity index is 0.000000606. The minimum Gasteiger partial charge on any atom is -0.480 e. The van der Waals surface area contributed by atoms with Crippen molar-refractivity contribution in [2.45, 2.75) is 97.8 Å². The lowest BCUT2D eigenvalue weighted by Gasteiger charge is -2.18. The highest BCUT2D eigenvalue weighted by molar-refractivity contribution is 6.00. The molecule has 4 rings (SSSR count). The van der Waals surface area contributed by atoms with Crippen molar-refractivity contribution >= 4 is 52.9 Å². The molecule has 0 unspecified atom stereocenters. The van der Waals surface area contributed by atoms with E-state index in [4.69, 9.17) is 21.4 Å². The minimum atomic E-state index is -4.64. The van der Waals surface area contributed by atoms with Crippen LogP contribution in [-0.2, 0) is 24.0 Å². The van der Waals surface area contributed by atoms with Crippen LogP contribution in [0.5, 0.6) is 11.5 Å². The van der Waals surface area contributed by atoms with Crippen molar-refractivity contribution < 1.29 is 75.1 Å². The van der Waals surface area contributed by atoms with Crippen molar-refractivity contribution in [2.75, 3.05) is 30.4 Å². The zero-order valence-corrected chi connectivity index (χ0v) is 39.0. The number of aldehydes is 1. The third kappa shape index (κ3) is 23.7. The second-order valence-electron chi connectivity index (χ2n) is 14.6. The van der Waals surface area contributed by atoms with Gasteiger partial charge in [0.25, 0.3) is 11.8 Å². The fourth-order valence-corrected chi connectivity index (χ4v) is 5.81. The Morgan fingerprint density at radius 1 is 0.643 bits per heavy atom. The number of para-hydroxylation sites is 2. The van der Waals surface area contributed by atoms with Crippen LogP contribution in [0.1, 0.15) is 102 Å². The fourth-order valence-electron chi connectivity index (χ4n) is 5.81. The van der Waals surface area contributed by atoms with E-state index >= 15 is 0 Å². The van der Waals surface area contributed by atoms with Gasteiger partial charge in [0.05, 0.1) is 12.1 Å². The van der Waals surface area contributed by atoms with Gasteiger partial charge >= 0.3 is 6.18 Å². The van der Waals surface area contributed by atoms with Crippen molar-refractivity contribution in [1.29, 1.82) is 0 Å². The molecule has 382 valence electrons. The van der Waals surface area contributed by atoms with Gasteiger partial charge in [-0.1, -0.05) is 64.3 Å². The van der Waals surface area contributed by atoms with Gasteiger partial charge in [-0.3, -0.25) is 33.6 Å². The number of anilines is 2. The number of ether oxygens (including phenoxy) is 2. The first-order chi connectivity index (χ1) is 33.6. The van der Waals surface area contributed by atoms with Crippen molar-refractivity contribution in [1.82, 2.24) is 10.6 Å². The molecule has 2 atom stereocenters. The van der Waals surface area contributed by atoms with E-state index in [-0.39, 0.29) is 29.4 Å². The Bertz CT molecular complexity index is 2170. The molecule has 0 bridgehead atoms. The molecule has 0 aromatic heterocycles. The molecule has 0 saturated heterocycles. The highest BCUT2D eigenvalue weighted by Crippen LogP contribution is 2.23. The molecule has 4 aromatic carbocycles. The lowest BCUT2D eigenvalue weighted by molar-refractivity contribution is -0.156. The Kier molecular flexibility index (Phi) is 27.4. The third-order valence-corrected chi connectivity index (χ3v) is 9.01. The number of carbonyl (C=O) groups excluding carboxylic acids is 7. The normalized spacial score (nSPS) is 11.4. The molecule has 4 amide bonds. The molecule has 0 aliphatic carbocycles. The number of alkyl halides is 3. The number of nitrogens with one attached hydrogen (secondary N) is 4. The van der Waals surface area contributed by atoms with Crippen molar-refractivity contribution in [3.8, 4) is 11.5 Å². The van der Waals surface area contributed by atoms with Crippen molar-refractivity contribution in [2.24, 2.45) is 5.73 Å². The van der Waals surface area contributed by atoms with E-state index in [0.717, 1.165) is 37.1 Å². The zero-order valence-electron chi connectivity index (χ0n) is 40.0. The number of nitrogens with two attached hydrogens (primary N) is 1. The summed E-state index contributed by atoms with van der Waals surface area (Å²) in [7, 11) is 0. The molecule has 6 N–H and O–H groups in total. The van der Waals surface area contributed by atoms with E-state index in [9.17, 15) is 59.5 Å². The number of amides is 4. The Morgan fingerprint density at radius 3 is 1.30 bits per heavy atom. The zero-order chi connectivity index (χ0) is 53.5. The summed E-state index contributed by atoms with van der Waals surface area (Å²) >= 11 is 0. The molecule has 0 spiro atoms. The van der Waals surface area contributed by atoms with Crippen LogP contribution in [0, 0.1) is 23.3 Å². The van der Waals surface area contributed by atoms with Crippen LogP contribution in [0.15, 0.2) is 84.9 Å². The summed E-state index contributed by atoms with van der Waals surface area (Å²) in [5, 5.41) is 10.5. The largest absolute Gasteiger partial charge is 0.480 e. The van der Waals surface area contributed by atoms with E-state index in [1.165, 1.54) is 44.2 Å². The summed E-state index contributed by atoms with van der Waals surface area (Å²) in [4.78, 5) is 81.8. The van der Waals surface area contributed by atoms with Crippen LogP contribution in [0.3, 0.4) is 0 Å². The average Bonchev–Trinajstić information content (AvgIpc) is 3.30. The first-order valence-electron chi connectivity index (χ1n) is 22.4. The van der Waals surface area contributed by atoms with Gasteiger partial charge in [-0.15, -0.1) is 0 Å². The Labute approximate surface area is 402 Å². The first-order valence-corrected chi connectivity index (χ1v) is 21.7. The predicted octanol–water partition coefficient (Wildman–Crippen LogP) is 8.82. The van der Waals surface area contributed by atoms with Crippen molar-refractivity contribution in [3.05, 3.63) is 119 Å². The second kappa shape index (κ2) is 32.6. The summed E-state index contributed by atoms with van der Waals surface area (Å²) in [5.74, 6) is -7.57.